The molecule has 0 saturated heterocycles. The second kappa shape index (κ2) is 4.61. The lowest BCUT2D eigenvalue weighted by atomic mass is 10.2. The van der Waals surface area contributed by atoms with Gasteiger partial charge in [-0.25, -0.2) is 4.79 Å². The lowest BCUT2D eigenvalue weighted by molar-refractivity contribution is -0.385. The lowest BCUT2D eigenvalue weighted by Gasteiger charge is -2.09. The van der Waals surface area contributed by atoms with Gasteiger partial charge in [-0.15, -0.1) is 0 Å². The molecule has 0 spiro atoms. The van der Waals surface area contributed by atoms with Gasteiger partial charge in [-0.05, 0) is 19.9 Å². The van der Waals surface area contributed by atoms with E-state index >= 15 is 0 Å². The van der Waals surface area contributed by atoms with Crippen LogP contribution in [0.5, 0.6) is 5.75 Å². The number of nitro benzene ring substituents is 1. The number of rotatable bonds is 4. The van der Waals surface area contributed by atoms with Crippen LogP contribution < -0.4 is 4.74 Å². The number of non-ortho nitro benzene ring substituents is 1. The molecule has 1 aromatic carbocycles. The fourth-order valence-electron chi connectivity index (χ4n) is 1.15. The molecule has 6 heteroatoms. The van der Waals surface area contributed by atoms with E-state index in [2.05, 4.69) is 0 Å². The van der Waals surface area contributed by atoms with Crippen molar-refractivity contribution >= 4 is 11.7 Å². The highest BCUT2D eigenvalue weighted by Crippen LogP contribution is 2.23. The highest BCUT2D eigenvalue weighted by molar-refractivity contribution is 5.89. The molecule has 1 rings (SSSR count). The molecule has 86 valence electrons. The number of nitro groups is 1. The van der Waals surface area contributed by atoms with E-state index in [0.717, 1.165) is 6.07 Å². The number of carbonyl (C=O) groups is 1. The summed E-state index contributed by atoms with van der Waals surface area (Å²) in [5.41, 5.74) is -0.458. The van der Waals surface area contributed by atoms with Crippen molar-refractivity contribution in [3.05, 3.63) is 33.9 Å². The number of carboxylic acids is 1. The third-order valence-electron chi connectivity index (χ3n) is 1.72. The summed E-state index contributed by atoms with van der Waals surface area (Å²) in [6.45, 7) is 3.50. The number of hydrogen-bond acceptors (Lipinski definition) is 4. The van der Waals surface area contributed by atoms with Crippen LogP contribution in [0.1, 0.15) is 24.2 Å². The van der Waals surface area contributed by atoms with E-state index < -0.39 is 10.9 Å². The molecule has 0 bridgehead atoms. The number of nitrogens with zero attached hydrogens (tertiary/aromatic N) is 1. The van der Waals surface area contributed by atoms with Crippen molar-refractivity contribution in [2.75, 3.05) is 0 Å². The zero-order valence-corrected chi connectivity index (χ0v) is 8.84. The Bertz CT molecular complexity index is 395. The molecule has 0 fully saturated rings. The monoisotopic (exact) mass is 225 g/mol. The first kappa shape index (κ1) is 12.0. The standard InChI is InChI=1S/C10H11NO5/c1-6(2)16-9-4-7(10(12)13)3-8(5-9)11(14)15/h3-6H,1-2H3,(H,12,13). The van der Waals surface area contributed by atoms with Crippen LogP contribution >= 0.6 is 0 Å². The molecule has 0 atom stereocenters. The van der Waals surface area contributed by atoms with Crippen LogP contribution in [0.15, 0.2) is 18.2 Å². The van der Waals surface area contributed by atoms with Gasteiger partial charge in [-0.1, -0.05) is 0 Å². The molecule has 0 radical (unpaired) electrons. The highest BCUT2D eigenvalue weighted by atomic mass is 16.6. The van der Waals surface area contributed by atoms with Gasteiger partial charge in [-0.3, -0.25) is 10.1 Å². The van der Waals surface area contributed by atoms with E-state index in [1.54, 1.807) is 13.8 Å². The number of ether oxygens (including phenoxy) is 1. The fourth-order valence-corrected chi connectivity index (χ4v) is 1.15. The van der Waals surface area contributed by atoms with Crippen molar-refractivity contribution in [2.24, 2.45) is 0 Å². The van der Waals surface area contributed by atoms with Crippen molar-refractivity contribution < 1.29 is 19.6 Å². The first-order valence-electron chi connectivity index (χ1n) is 4.59. The summed E-state index contributed by atoms with van der Waals surface area (Å²) in [5, 5.41) is 19.3. The maximum atomic E-state index is 10.7. The molecule has 0 aliphatic rings. The van der Waals surface area contributed by atoms with Gasteiger partial charge < -0.3 is 9.84 Å². The van der Waals surface area contributed by atoms with Gasteiger partial charge >= 0.3 is 5.97 Å². The molecule has 16 heavy (non-hydrogen) atoms. The lowest BCUT2D eigenvalue weighted by Crippen LogP contribution is -2.07. The minimum atomic E-state index is -1.22. The summed E-state index contributed by atoms with van der Waals surface area (Å²) in [5.74, 6) is -1.04. The van der Waals surface area contributed by atoms with Crippen LogP contribution in [0, 0.1) is 10.1 Å². The second-order valence-corrected chi connectivity index (χ2v) is 3.44. The smallest absolute Gasteiger partial charge is 0.336 e. The molecule has 0 unspecified atom stereocenters. The zero-order valence-electron chi connectivity index (χ0n) is 8.84. The Kier molecular flexibility index (Phi) is 3.44. The van der Waals surface area contributed by atoms with E-state index in [1.165, 1.54) is 12.1 Å². The SMILES string of the molecule is CC(C)Oc1cc(C(=O)O)cc([N+](=O)[O-])c1. The zero-order chi connectivity index (χ0) is 12.3. The molecule has 6 nitrogen and oxygen atoms in total. The number of hydrogen-bond donors (Lipinski definition) is 1. The molecule has 0 saturated carbocycles. The van der Waals surface area contributed by atoms with Crippen molar-refractivity contribution in [2.45, 2.75) is 20.0 Å². The van der Waals surface area contributed by atoms with Crippen LogP contribution in [0.3, 0.4) is 0 Å². The Morgan fingerprint density at radius 1 is 1.44 bits per heavy atom. The van der Waals surface area contributed by atoms with E-state index in [-0.39, 0.29) is 23.1 Å². The average molecular weight is 225 g/mol. The van der Waals surface area contributed by atoms with Gasteiger partial charge in [-0.2, -0.15) is 0 Å². The Balaban J connectivity index is 3.18. The van der Waals surface area contributed by atoms with Gasteiger partial charge in [0, 0.05) is 6.07 Å². The summed E-state index contributed by atoms with van der Waals surface area (Å²) >= 11 is 0. The molecule has 0 aliphatic heterocycles. The predicted octanol–water partition coefficient (Wildman–Crippen LogP) is 2.08. The van der Waals surface area contributed by atoms with Crippen LogP contribution in [-0.4, -0.2) is 22.1 Å². The molecule has 1 aromatic rings. The first-order chi connectivity index (χ1) is 7.40. The molecular formula is C10H11NO5. The normalized spacial score (nSPS) is 10.2. The summed E-state index contributed by atoms with van der Waals surface area (Å²) in [6.07, 6.45) is -0.177. The molecule has 0 aromatic heterocycles. The maximum absolute atomic E-state index is 10.7. The minimum Gasteiger partial charge on any atom is -0.491 e. The van der Waals surface area contributed by atoms with Crippen molar-refractivity contribution in [3.8, 4) is 5.75 Å². The van der Waals surface area contributed by atoms with Crippen LogP contribution in [0.25, 0.3) is 0 Å². The van der Waals surface area contributed by atoms with Crippen molar-refractivity contribution in [3.63, 3.8) is 0 Å². The maximum Gasteiger partial charge on any atom is 0.336 e. The van der Waals surface area contributed by atoms with Crippen LogP contribution in [-0.2, 0) is 0 Å². The van der Waals surface area contributed by atoms with Gasteiger partial charge in [0.1, 0.15) is 5.75 Å². The van der Waals surface area contributed by atoms with E-state index in [9.17, 15) is 14.9 Å². The molecule has 0 amide bonds. The minimum absolute atomic E-state index is 0.162. The van der Waals surface area contributed by atoms with Gasteiger partial charge in [0.25, 0.3) is 5.69 Å². The summed E-state index contributed by atoms with van der Waals surface area (Å²) in [4.78, 5) is 20.7. The van der Waals surface area contributed by atoms with Crippen LogP contribution in [0.4, 0.5) is 5.69 Å². The largest absolute Gasteiger partial charge is 0.491 e. The summed E-state index contributed by atoms with van der Waals surface area (Å²) in [6, 6.07) is 3.46. The van der Waals surface area contributed by atoms with Gasteiger partial charge in [0.15, 0.2) is 0 Å². The fraction of sp³-hybridized carbons (Fsp3) is 0.300. The van der Waals surface area contributed by atoms with Gasteiger partial charge in [0.05, 0.1) is 22.7 Å². The Morgan fingerprint density at radius 3 is 2.50 bits per heavy atom. The molecule has 0 aliphatic carbocycles. The predicted molar refractivity (Wildman–Crippen MR) is 55.8 cm³/mol. The van der Waals surface area contributed by atoms with Crippen molar-refractivity contribution in [1.29, 1.82) is 0 Å². The number of aromatic carboxylic acids is 1. The molecule has 0 heterocycles. The number of benzene rings is 1. The average Bonchev–Trinajstić information content (AvgIpc) is 2.15. The second-order valence-electron chi connectivity index (χ2n) is 3.44. The summed E-state index contributed by atoms with van der Waals surface area (Å²) in [7, 11) is 0. The first-order valence-corrected chi connectivity index (χ1v) is 4.59. The topological polar surface area (TPSA) is 89.7 Å². The van der Waals surface area contributed by atoms with E-state index in [4.69, 9.17) is 9.84 Å². The Hall–Kier alpha value is -2.11. The highest BCUT2D eigenvalue weighted by Gasteiger charge is 2.14. The quantitative estimate of drug-likeness (QED) is 0.625. The van der Waals surface area contributed by atoms with E-state index in [0.29, 0.717) is 0 Å². The molecule has 1 N–H and O–H groups in total. The van der Waals surface area contributed by atoms with Crippen LogP contribution in [0.2, 0.25) is 0 Å². The number of carboxylic acid groups (broad SMARTS) is 1. The van der Waals surface area contributed by atoms with Gasteiger partial charge in [0.2, 0.25) is 0 Å². The third kappa shape index (κ3) is 2.94. The summed E-state index contributed by atoms with van der Waals surface area (Å²) < 4.78 is 5.23. The van der Waals surface area contributed by atoms with E-state index in [1.807, 2.05) is 0 Å². The molecular weight excluding hydrogens is 214 g/mol. The van der Waals surface area contributed by atoms with Crippen molar-refractivity contribution in [1.82, 2.24) is 0 Å². The Morgan fingerprint density at radius 2 is 2.06 bits per heavy atom. The third-order valence-corrected chi connectivity index (χ3v) is 1.72. The Labute approximate surface area is 91.6 Å².